The van der Waals surface area contributed by atoms with Gasteiger partial charge in [0.2, 0.25) is 17.8 Å². The molecule has 1 aromatic heterocycles. The van der Waals surface area contributed by atoms with Gasteiger partial charge in [-0.1, -0.05) is 13.8 Å². The van der Waals surface area contributed by atoms with Crippen molar-refractivity contribution in [3.63, 3.8) is 0 Å². The lowest BCUT2D eigenvalue weighted by Crippen LogP contribution is -2.20. The van der Waals surface area contributed by atoms with Crippen LogP contribution >= 0.6 is 0 Å². The second-order valence-electron chi connectivity index (χ2n) is 4.77. The van der Waals surface area contributed by atoms with Crippen LogP contribution in [0.3, 0.4) is 0 Å². The summed E-state index contributed by atoms with van der Waals surface area (Å²) in [5.74, 6) is 1.57. The van der Waals surface area contributed by atoms with Crippen molar-refractivity contribution >= 4 is 27.7 Å². The maximum atomic E-state index is 11.5. The molecule has 0 saturated carbocycles. The van der Waals surface area contributed by atoms with E-state index >= 15 is 0 Å². The zero-order valence-corrected chi connectivity index (χ0v) is 13.9. The zero-order valence-electron chi connectivity index (χ0n) is 13.0. The van der Waals surface area contributed by atoms with Gasteiger partial charge < -0.3 is 15.5 Å². The van der Waals surface area contributed by atoms with Crippen LogP contribution in [0.25, 0.3) is 0 Å². The van der Waals surface area contributed by atoms with Crippen molar-refractivity contribution in [1.82, 2.24) is 15.0 Å². The van der Waals surface area contributed by atoms with E-state index < -0.39 is 9.84 Å². The minimum absolute atomic E-state index is 0.0597. The average molecular weight is 316 g/mol. The Labute approximate surface area is 126 Å². The number of aromatic nitrogens is 3. The summed E-state index contributed by atoms with van der Waals surface area (Å²) in [7, 11) is 0.675. The number of sulfone groups is 1. The van der Waals surface area contributed by atoms with E-state index in [2.05, 4.69) is 32.5 Å². The summed E-state index contributed by atoms with van der Waals surface area (Å²) in [5.41, 5.74) is 0. The fourth-order valence-corrected chi connectivity index (χ4v) is 2.12. The number of anilines is 3. The second kappa shape index (κ2) is 7.96. The van der Waals surface area contributed by atoms with Crippen molar-refractivity contribution in [2.75, 3.05) is 54.2 Å². The Morgan fingerprint density at radius 2 is 1.57 bits per heavy atom. The molecule has 21 heavy (non-hydrogen) atoms. The van der Waals surface area contributed by atoms with Crippen molar-refractivity contribution in [3.05, 3.63) is 0 Å². The topological polar surface area (TPSA) is 100 Å². The fraction of sp³-hybridized carbons (Fsp3) is 0.750. The highest BCUT2D eigenvalue weighted by atomic mass is 32.2. The molecule has 0 amide bonds. The molecule has 9 heteroatoms. The van der Waals surface area contributed by atoms with E-state index in [0.29, 0.717) is 17.8 Å². The summed E-state index contributed by atoms with van der Waals surface area (Å²) in [6.07, 6.45) is 0.959. The third-order valence-corrected chi connectivity index (χ3v) is 4.40. The molecule has 0 aliphatic rings. The fourth-order valence-electron chi connectivity index (χ4n) is 1.42. The predicted molar refractivity (Wildman–Crippen MR) is 85.8 cm³/mol. The third-order valence-electron chi connectivity index (χ3n) is 2.69. The number of hydrogen-bond acceptors (Lipinski definition) is 8. The monoisotopic (exact) mass is 316 g/mol. The largest absolute Gasteiger partial charge is 0.354 e. The summed E-state index contributed by atoms with van der Waals surface area (Å²) in [5, 5.41) is 6.04. The van der Waals surface area contributed by atoms with E-state index in [1.807, 2.05) is 14.1 Å². The van der Waals surface area contributed by atoms with Crippen LogP contribution in [-0.2, 0) is 9.84 Å². The molecule has 0 aromatic carbocycles. The molecule has 1 aromatic rings. The van der Waals surface area contributed by atoms with Crippen LogP contribution in [0.2, 0.25) is 0 Å². The van der Waals surface area contributed by atoms with Gasteiger partial charge >= 0.3 is 0 Å². The van der Waals surface area contributed by atoms with Crippen LogP contribution < -0.4 is 15.5 Å². The van der Waals surface area contributed by atoms with E-state index in [9.17, 15) is 8.42 Å². The van der Waals surface area contributed by atoms with Gasteiger partial charge in [-0.25, -0.2) is 8.42 Å². The Balaban J connectivity index is 2.78. The first-order valence-electron chi connectivity index (χ1n) is 6.99. The van der Waals surface area contributed by atoms with Crippen LogP contribution in [0, 0.1) is 0 Å². The molecule has 0 atom stereocenters. The van der Waals surface area contributed by atoms with Crippen LogP contribution in [0.4, 0.5) is 17.8 Å². The quantitative estimate of drug-likeness (QED) is 0.683. The molecule has 0 unspecified atom stereocenters. The summed E-state index contributed by atoms with van der Waals surface area (Å²) in [6.45, 7) is 4.73. The minimum Gasteiger partial charge on any atom is -0.354 e. The minimum atomic E-state index is -3.00. The molecule has 0 aliphatic heterocycles. The van der Waals surface area contributed by atoms with Gasteiger partial charge in [0.25, 0.3) is 0 Å². The Morgan fingerprint density at radius 1 is 1.00 bits per heavy atom. The van der Waals surface area contributed by atoms with Crippen LogP contribution in [0.5, 0.6) is 0 Å². The molecule has 0 bridgehead atoms. The lowest BCUT2D eigenvalue weighted by molar-refractivity contribution is 0.597. The van der Waals surface area contributed by atoms with E-state index in [-0.39, 0.29) is 18.1 Å². The summed E-state index contributed by atoms with van der Waals surface area (Å²) >= 11 is 0. The first kappa shape index (κ1) is 17.4. The number of hydrogen-bond donors (Lipinski definition) is 2. The van der Waals surface area contributed by atoms with Crippen molar-refractivity contribution in [3.8, 4) is 0 Å². The maximum Gasteiger partial charge on any atom is 0.231 e. The maximum absolute atomic E-state index is 11.5. The highest BCUT2D eigenvalue weighted by Gasteiger charge is 2.10. The van der Waals surface area contributed by atoms with E-state index in [4.69, 9.17) is 0 Å². The molecular weight excluding hydrogens is 292 g/mol. The highest BCUT2D eigenvalue weighted by Crippen LogP contribution is 2.11. The molecule has 0 fully saturated rings. The van der Waals surface area contributed by atoms with Crippen molar-refractivity contribution in [2.45, 2.75) is 20.3 Å². The van der Waals surface area contributed by atoms with Gasteiger partial charge in [0.1, 0.15) is 0 Å². The van der Waals surface area contributed by atoms with Gasteiger partial charge in [0.05, 0.1) is 5.75 Å². The first-order valence-corrected chi connectivity index (χ1v) is 8.81. The van der Waals surface area contributed by atoms with Gasteiger partial charge in [-0.3, -0.25) is 0 Å². The molecule has 120 valence electrons. The van der Waals surface area contributed by atoms with Gasteiger partial charge in [-0.05, 0) is 6.42 Å². The molecule has 0 radical (unpaired) electrons. The van der Waals surface area contributed by atoms with E-state index in [1.54, 1.807) is 11.8 Å². The molecule has 1 heterocycles. The molecule has 1 rings (SSSR count). The second-order valence-corrected chi connectivity index (χ2v) is 7.24. The van der Waals surface area contributed by atoms with Crippen molar-refractivity contribution in [2.24, 2.45) is 0 Å². The van der Waals surface area contributed by atoms with Crippen LogP contribution in [-0.4, -0.2) is 62.1 Å². The molecule has 0 saturated heterocycles. The van der Waals surface area contributed by atoms with Gasteiger partial charge in [-0.15, -0.1) is 0 Å². The molecule has 2 N–H and O–H groups in total. The summed E-state index contributed by atoms with van der Waals surface area (Å²) < 4.78 is 22.9. The Morgan fingerprint density at radius 3 is 2.05 bits per heavy atom. The Kier molecular flexibility index (Phi) is 6.60. The predicted octanol–water partition coefficient (Wildman–Crippen LogP) is 0.606. The molecular formula is C12H24N6O2S. The van der Waals surface area contributed by atoms with Crippen molar-refractivity contribution < 1.29 is 8.42 Å². The van der Waals surface area contributed by atoms with E-state index in [1.165, 1.54) is 0 Å². The van der Waals surface area contributed by atoms with Crippen molar-refractivity contribution in [1.29, 1.82) is 0 Å². The third kappa shape index (κ3) is 6.11. The summed E-state index contributed by atoms with van der Waals surface area (Å²) in [6, 6.07) is 0. The van der Waals surface area contributed by atoms with E-state index in [0.717, 1.165) is 13.0 Å². The highest BCUT2D eigenvalue weighted by molar-refractivity contribution is 7.91. The van der Waals surface area contributed by atoms with Gasteiger partial charge in [0, 0.05) is 32.9 Å². The standard InChI is InChI=1S/C12H24N6O2S/c1-5-7-13-10-15-11(17-12(16-10)18(3)4)14-8-9-21(19,20)6-2/h5-9H2,1-4H3,(H2,13,14,15,16,17). The lowest BCUT2D eigenvalue weighted by Gasteiger charge is -2.14. The normalized spacial score (nSPS) is 11.2. The lowest BCUT2D eigenvalue weighted by atomic mass is 10.5. The zero-order chi connectivity index (χ0) is 15.9. The molecule has 8 nitrogen and oxygen atoms in total. The van der Waals surface area contributed by atoms with Crippen LogP contribution in [0.15, 0.2) is 0 Å². The SMILES string of the molecule is CCCNc1nc(NCCS(=O)(=O)CC)nc(N(C)C)n1. The molecule has 0 aliphatic carbocycles. The van der Waals surface area contributed by atoms with Gasteiger partial charge in [-0.2, -0.15) is 15.0 Å². The Bertz CT molecular complexity index is 547. The average Bonchev–Trinajstić information content (AvgIpc) is 2.44. The first-order chi connectivity index (χ1) is 9.88. The number of rotatable bonds is 9. The number of nitrogens with one attached hydrogen (secondary N) is 2. The molecule has 0 spiro atoms. The Hall–Kier alpha value is -1.64. The summed E-state index contributed by atoms with van der Waals surface area (Å²) in [4.78, 5) is 14.5. The van der Waals surface area contributed by atoms with Gasteiger partial charge in [0.15, 0.2) is 9.84 Å². The number of nitrogens with zero attached hydrogens (tertiary/aromatic N) is 4. The van der Waals surface area contributed by atoms with Crippen LogP contribution in [0.1, 0.15) is 20.3 Å². The smallest absolute Gasteiger partial charge is 0.231 e.